The van der Waals surface area contributed by atoms with E-state index in [9.17, 15) is 27.2 Å². The van der Waals surface area contributed by atoms with Crippen molar-refractivity contribution >= 4 is 28.4 Å². The Hall–Kier alpha value is -4.19. The molecule has 0 radical (unpaired) electrons. The first kappa shape index (κ1) is 25.5. The number of carbonyl (C=O) groups excluding carboxylic acids is 2. The van der Waals surface area contributed by atoms with Crippen LogP contribution in [0.1, 0.15) is 39.0 Å². The van der Waals surface area contributed by atoms with Crippen molar-refractivity contribution in [2.45, 2.75) is 25.6 Å². The van der Waals surface area contributed by atoms with Crippen molar-refractivity contribution in [1.82, 2.24) is 25.1 Å². The molecule has 1 aromatic heterocycles. The summed E-state index contributed by atoms with van der Waals surface area (Å²) in [6, 6.07) is 2.67. The van der Waals surface area contributed by atoms with E-state index in [1.807, 2.05) is 0 Å². The molecule has 2 N–H and O–H groups in total. The number of hydrogen-bond donors (Lipinski definition) is 2. The second-order valence-corrected chi connectivity index (χ2v) is 9.19. The maximum absolute atomic E-state index is 14.3. The van der Waals surface area contributed by atoms with Crippen LogP contribution in [0.2, 0.25) is 0 Å². The number of fused-ring (bicyclic) bond motifs is 2. The van der Waals surface area contributed by atoms with Gasteiger partial charge in [0.05, 0.1) is 27.7 Å². The van der Waals surface area contributed by atoms with Crippen LogP contribution in [0, 0.1) is 23.3 Å². The number of allylic oxidation sites excluding steroid dienone is 1. The zero-order valence-electron chi connectivity index (χ0n) is 20.8. The Labute approximate surface area is 214 Å². The molecule has 2 unspecified atom stereocenters. The van der Waals surface area contributed by atoms with Gasteiger partial charge >= 0.3 is 0 Å². The quantitative estimate of drug-likeness (QED) is 0.289. The van der Waals surface area contributed by atoms with Crippen molar-refractivity contribution in [3.8, 4) is 0 Å². The largest absolute Gasteiger partial charge is 0.382 e. The Bertz CT molecular complexity index is 1550. The third kappa shape index (κ3) is 3.92. The van der Waals surface area contributed by atoms with Crippen LogP contribution < -0.4 is 10.6 Å². The van der Waals surface area contributed by atoms with E-state index in [0.717, 1.165) is 4.90 Å². The second kappa shape index (κ2) is 9.28. The monoisotopic (exact) mass is 529 g/mol. The van der Waals surface area contributed by atoms with E-state index in [1.165, 1.54) is 14.2 Å². The van der Waals surface area contributed by atoms with Crippen LogP contribution in [-0.4, -0.2) is 52.7 Å². The van der Waals surface area contributed by atoms with Crippen LogP contribution in [-0.2, 0) is 18.2 Å². The molecule has 2 aliphatic rings. The molecule has 2 aromatic carbocycles. The molecule has 2 amide bonds. The van der Waals surface area contributed by atoms with Crippen LogP contribution >= 0.6 is 0 Å². The molecule has 8 nitrogen and oxygen atoms in total. The van der Waals surface area contributed by atoms with Crippen molar-refractivity contribution in [3.63, 3.8) is 0 Å². The van der Waals surface area contributed by atoms with Crippen molar-refractivity contribution < 1.29 is 31.9 Å². The number of hydrogen-bond acceptors (Lipinski definition) is 6. The summed E-state index contributed by atoms with van der Waals surface area (Å²) in [4.78, 5) is 30.7. The molecule has 0 aliphatic carbocycles. The summed E-state index contributed by atoms with van der Waals surface area (Å²) in [5, 5.41) is 6.19. The summed E-state index contributed by atoms with van der Waals surface area (Å²) in [6.07, 6.45) is 2.24. The predicted octanol–water partition coefficient (Wildman–Crippen LogP) is 3.38. The van der Waals surface area contributed by atoms with E-state index in [-0.39, 0.29) is 23.6 Å². The lowest BCUT2D eigenvalue weighted by molar-refractivity contribution is 0.0693. The van der Waals surface area contributed by atoms with Crippen LogP contribution in [0.4, 0.5) is 17.6 Å². The van der Waals surface area contributed by atoms with Gasteiger partial charge in [-0.1, -0.05) is 0 Å². The summed E-state index contributed by atoms with van der Waals surface area (Å²) < 4.78 is 63.3. The first-order valence-electron chi connectivity index (χ1n) is 11.6. The van der Waals surface area contributed by atoms with E-state index >= 15 is 0 Å². The minimum absolute atomic E-state index is 0.173. The Balaban J connectivity index is 1.56. The molecule has 0 spiro atoms. The first-order valence-corrected chi connectivity index (χ1v) is 11.6. The topological polar surface area (TPSA) is 88.5 Å². The molecule has 0 saturated heterocycles. The molecule has 3 aromatic rings. The number of nitrogens with zero attached hydrogens (tertiary/aromatic N) is 3. The highest BCUT2D eigenvalue weighted by Crippen LogP contribution is 2.32. The summed E-state index contributed by atoms with van der Waals surface area (Å²) in [7, 11) is 4.63. The molecule has 0 bridgehead atoms. The van der Waals surface area contributed by atoms with Gasteiger partial charge in [-0.05, 0) is 31.6 Å². The Morgan fingerprint density at radius 1 is 1.05 bits per heavy atom. The van der Waals surface area contributed by atoms with E-state index < -0.39 is 52.9 Å². The van der Waals surface area contributed by atoms with Crippen LogP contribution in [0.15, 0.2) is 36.2 Å². The van der Waals surface area contributed by atoms with Crippen LogP contribution in [0.25, 0.3) is 16.6 Å². The summed E-state index contributed by atoms with van der Waals surface area (Å²) >= 11 is 0. The molecule has 0 saturated carbocycles. The zero-order chi connectivity index (χ0) is 27.5. The number of ether oxygens (including phenoxy) is 1. The lowest BCUT2D eigenvalue weighted by atomic mass is 10.0. The van der Waals surface area contributed by atoms with Gasteiger partial charge in [-0.25, -0.2) is 22.5 Å². The molecule has 5 rings (SSSR count). The van der Waals surface area contributed by atoms with Gasteiger partial charge in [-0.2, -0.15) is 0 Å². The number of benzene rings is 2. The summed E-state index contributed by atoms with van der Waals surface area (Å²) in [5.41, 5.74) is 1.91. The number of nitrogens with one attached hydrogen (secondary N) is 2. The van der Waals surface area contributed by atoms with Gasteiger partial charge in [0.1, 0.15) is 5.82 Å². The van der Waals surface area contributed by atoms with Gasteiger partial charge in [0.25, 0.3) is 11.8 Å². The molecular weight excluding hydrogens is 506 g/mol. The van der Waals surface area contributed by atoms with Crippen LogP contribution in [0.5, 0.6) is 0 Å². The predicted molar refractivity (Wildman–Crippen MR) is 130 cm³/mol. The number of aryl methyl sites for hydroxylation is 1. The third-order valence-electron chi connectivity index (χ3n) is 6.73. The molecular formula is C26H23F4N5O3. The normalized spacial score (nSPS) is 17.9. The van der Waals surface area contributed by atoms with Crippen molar-refractivity contribution in [2.75, 3.05) is 14.2 Å². The average Bonchev–Trinajstić information content (AvgIpc) is 3.32. The summed E-state index contributed by atoms with van der Waals surface area (Å²) in [6.45, 7) is 1.61. The number of rotatable bonds is 6. The van der Waals surface area contributed by atoms with Gasteiger partial charge in [-0.3, -0.25) is 14.5 Å². The molecule has 12 heteroatoms. The lowest BCUT2D eigenvalue weighted by Crippen LogP contribution is -2.37. The SMILES string of the molecule is COC1NC=CC(NC(C)Cc2c(F)c(F)cc(F)c2F)=C1c1nc2cc3c(cc2n1C)C(=O)N(C)C3=O. The number of carbonyl (C=O) groups is 2. The van der Waals surface area contributed by atoms with Gasteiger partial charge < -0.3 is 19.9 Å². The molecule has 2 atom stereocenters. The van der Waals surface area contributed by atoms with E-state index in [4.69, 9.17) is 9.72 Å². The van der Waals surface area contributed by atoms with E-state index in [1.54, 1.807) is 42.9 Å². The average molecular weight is 529 g/mol. The number of imidazole rings is 1. The van der Waals surface area contributed by atoms with Crippen molar-refractivity contribution in [3.05, 3.63) is 82.0 Å². The number of dihydropyridines is 1. The van der Waals surface area contributed by atoms with Gasteiger partial charge in [-0.15, -0.1) is 0 Å². The summed E-state index contributed by atoms with van der Waals surface area (Å²) in [5.74, 6) is -6.22. The third-order valence-corrected chi connectivity index (χ3v) is 6.73. The maximum Gasteiger partial charge on any atom is 0.261 e. The number of methoxy groups -OCH3 is 1. The Morgan fingerprint density at radius 2 is 1.68 bits per heavy atom. The minimum Gasteiger partial charge on any atom is -0.382 e. The van der Waals surface area contributed by atoms with Gasteiger partial charge in [0, 0.05) is 50.8 Å². The fourth-order valence-electron chi connectivity index (χ4n) is 4.79. The molecule has 198 valence electrons. The highest BCUT2D eigenvalue weighted by molar-refractivity contribution is 6.22. The lowest BCUT2D eigenvalue weighted by Gasteiger charge is -2.28. The number of imide groups is 1. The standard InChI is InChI=1S/C26H23F4N5O3/c1-11(7-14-21(29)15(27)10-16(28)22(14)30)32-17-5-6-31-24(38-4)20(17)23-33-18-8-12-13(9-19(18)34(23)2)26(37)35(3)25(12)36/h5-6,8-11,24,31-32H,7H2,1-4H3. The van der Waals surface area contributed by atoms with Crippen molar-refractivity contribution in [2.24, 2.45) is 7.05 Å². The molecule has 3 heterocycles. The zero-order valence-corrected chi connectivity index (χ0v) is 20.8. The number of halogens is 4. The second-order valence-electron chi connectivity index (χ2n) is 9.19. The Kier molecular flexibility index (Phi) is 6.22. The number of aromatic nitrogens is 2. The first-order chi connectivity index (χ1) is 18.0. The molecule has 0 fully saturated rings. The maximum atomic E-state index is 14.3. The molecule has 2 aliphatic heterocycles. The smallest absolute Gasteiger partial charge is 0.261 e. The minimum atomic E-state index is -1.47. The highest BCUT2D eigenvalue weighted by atomic mass is 19.2. The van der Waals surface area contributed by atoms with Crippen molar-refractivity contribution in [1.29, 1.82) is 0 Å². The number of amides is 2. The van der Waals surface area contributed by atoms with Gasteiger partial charge in [0.15, 0.2) is 29.5 Å². The fraction of sp³-hybridized carbons (Fsp3) is 0.269. The van der Waals surface area contributed by atoms with Gasteiger partial charge in [0.2, 0.25) is 0 Å². The fourth-order valence-corrected chi connectivity index (χ4v) is 4.79. The Morgan fingerprint density at radius 3 is 2.32 bits per heavy atom. The molecule has 38 heavy (non-hydrogen) atoms. The van der Waals surface area contributed by atoms with Crippen LogP contribution in [0.3, 0.4) is 0 Å². The highest BCUT2D eigenvalue weighted by Gasteiger charge is 2.35. The van der Waals surface area contributed by atoms with E-state index in [0.29, 0.717) is 28.1 Å². The van der Waals surface area contributed by atoms with E-state index in [2.05, 4.69) is 10.6 Å².